The number of guanidine groups is 1. The van der Waals surface area contributed by atoms with Crippen LogP contribution >= 0.6 is 0 Å². The second-order valence-corrected chi connectivity index (χ2v) is 8.08. The molecule has 0 bridgehead atoms. The van der Waals surface area contributed by atoms with E-state index in [0.717, 1.165) is 11.1 Å². The van der Waals surface area contributed by atoms with Crippen molar-refractivity contribution in [2.24, 2.45) is 10.7 Å². The largest absolute Gasteiger partial charge is 0.369 e. The van der Waals surface area contributed by atoms with E-state index in [-0.39, 0.29) is 10.9 Å². The molecule has 3 N–H and O–H groups in total. The van der Waals surface area contributed by atoms with E-state index >= 15 is 0 Å². The minimum atomic E-state index is -3.23. The van der Waals surface area contributed by atoms with Crippen LogP contribution in [0.25, 0.3) is 0 Å². The van der Waals surface area contributed by atoms with Gasteiger partial charge in [0.1, 0.15) is 0 Å². The van der Waals surface area contributed by atoms with E-state index in [2.05, 4.69) is 15.3 Å². The molecule has 0 atom stereocenters. The summed E-state index contributed by atoms with van der Waals surface area (Å²) in [5, 5.41) is 2.95. The smallest absolute Gasteiger partial charge is 0.199 e. The highest BCUT2D eigenvalue weighted by atomic mass is 32.2. The van der Waals surface area contributed by atoms with E-state index in [0.29, 0.717) is 17.9 Å². The first-order valence-electron chi connectivity index (χ1n) is 8.31. The van der Waals surface area contributed by atoms with Gasteiger partial charge in [-0.05, 0) is 35.9 Å². The predicted octanol–water partition coefficient (Wildman–Crippen LogP) is 3.13. The molecule has 0 spiro atoms. The summed E-state index contributed by atoms with van der Waals surface area (Å²) in [6.07, 6.45) is 3.53. The van der Waals surface area contributed by atoms with E-state index in [1.807, 2.05) is 42.5 Å². The Balaban J connectivity index is 1.78. The number of rotatable bonds is 5. The number of nitrogens with two attached hydrogens (primary N) is 1. The van der Waals surface area contributed by atoms with Crippen LogP contribution in [0.4, 0.5) is 11.5 Å². The van der Waals surface area contributed by atoms with Crippen LogP contribution < -0.4 is 11.1 Å². The molecule has 2 aromatic carbocycles. The molecule has 0 saturated heterocycles. The number of hydrogen-bond donors (Lipinski definition) is 2. The van der Waals surface area contributed by atoms with Crippen molar-refractivity contribution in [3.8, 4) is 0 Å². The van der Waals surface area contributed by atoms with Crippen molar-refractivity contribution < 1.29 is 8.42 Å². The van der Waals surface area contributed by atoms with Gasteiger partial charge in [0.2, 0.25) is 0 Å². The summed E-state index contributed by atoms with van der Waals surface area (Å²) in [6.45, 7) is 0. The number of aliphatic imine (C=N–C) groups is 1. The third-order valence-corrected chi connectivity index (χ3v) is 5.01. The lowest BCUT2D eigenvalue weighted by molar-refractivity contribution is 0.602. The molecule has 3 aromatic rings. The summed E-state index contributed by atoms with van der Waals surface area (Å²) < 4.78 is 23.0. The Morgan fingerprint density at radius 3 is 2.41 bits per heavy atom. The Morgan fingerprint density at radius 1 is 1.04 bits per heavy atom. The van der Waals surface area contributed by atoms with Crippen LogP contribution in [0.5, 0.6) is 0 Å². The van der Waals surface area contributed by atoms with Gasteiger partial charge in [0.25, 0.3) is 0 Å². The van der Waals surface area contributed by atoms with Crippen molar-refractivity contribution in [3.63, 3.8) is 0 Å². The van der Waals surface area contributed by atoms with Gasteiger partial charge in [-0.15, -0.1) is 0 Å². The Hall–Kier alpha value is -3.19. The third-order valence-electron chi connectivity index (χ3n) is 3.89. The molecule has 7 heteroatoms. The van der Waals surface area contributed by atoms with Gasteiger partial charge in [-0.1, -0.05) is 36.4 Å². The van der Waals surface area contributed by atoms with Crippen molar-refractivity contribution in [2.45, 2.75) is 11.3 Å². The standard InChI is InChI=1S/C20H20N4O2S/c1-27(25,26)18-11-9-17(10-12-18)23-20(21)24-19-16(8-5-13-22-19)14-15-6-3-2-4-7-15/h2-13H,14H2,1H3,(H3,21,22,23,24). The van der Waals surface area contributed by atoms with Crippen LogP contribution in [0.15, 0.2) is 82.8 Å². The van der Waals surface area contributed by atoms with Crippen LogP contribution in [0.1, 0.15) is 11.1 Å². The van der Waals surface area contributed by atoms with Crippen molar-refractivity contribution >= 4 is 27.3 Å². The molecule has 138 valence electrons. The van der Waals surface area contributed by atoms with Gasteiger partial charge in [-0.2, -0.15) is 4.99 Å². The number of anilines is 1. The molecule has 3 rings (SSSR count). The number of hydrogen-bond acceptors (Lipinski definition) is 4. The number of sulfone groups is 1. The molecule has 1 aromatic heterocycles. The summed E-state index contributed by atoms with van der Waals surface area (Å²) in [4.78, 5) is 8.94. The Bertz CT molecular complexity index is 1050. The lowest BCUT2D eigenvalue weighted by Crippen LogP contribution is -2.22. The molecule has 0 radical (unpaired) electrons. The quantitative estimate of drug-likeness (QED) is 0.523. The fourth-order valence-corrected chi connectivity index (χ4v) is 3.19. The summed E-state index contributed by atoms with van der Waals surface area (Å²) in [7, 11) is -3.23. The molecule has 0 saturated carbocycles. The van der Waals surface area contributed by atoms with Crippen molar-refractivity contribution in [3.05, 3.63) is 84.1 Å². The van der Waals surface area contributed by atoms with Crippen molar-refractivity contribution in [1.82, 2.24) is 4.98 Å². The zero-order chi connectivity index (χ0) is 19.3. The average molecular weight is 380 g/mol. The fraction of sp³-hybridized carbons (Fsp3) is 0.100. The van der Waals surface area contributed by atoms with E-state index in [4.69, 9.17) is 5.73 Å². The van der Waals surface area contributed by atoms with Gasteiger partial charge in [0.15, 0.2) is 21.6 Å². The van der Waals surface area contributed by atoms with Gasteiger partial charge in [-0.3, -0.25) is 0 Å². The lowest BCUT2D eigenvalue weighted by atomic mass is 10.1. The van der Waals surface area contributed by atoms with Crippen LogP contribution in [0, 0.1) is 0 Å². The van der Waals surface area contributed by atoms with Gasteiger partial charge < -0.3 is 11.1 Å². The SMILES string of the molecule is CS(=O)(=O)c1ccc(N/C(N)=N/c2ncccc2Cc2ccccc2)cc1. The molecule has 1 heterocycles. The Morgan fingerprint density at radius 2 is 1.74 bits per heavy atom. The molecular formula is C20H20N4O2S. The number of pyridine rings is 1. The molecular weight excluding hydrogens is 360 g/mol. The maximum absolute atomic E-state index is 11.5. The Labute approximate surface area is 158 Å². The first-order valence-corrected chi connectivity index (χ1v) is 10.2. The molecule has 6 nitrogen and oxygen atoms in total. The second kappa shape index (κ2) is 8.01. The molecule has 0 aliphatic rings. The number of nitrogens with zero attached hydrogens (tertiary/aromatic N) is 2. The summed E-state index contributed by atoms with van der Waals surface area (Å²) in [5.74, 6) is 0.717. The highest BCUT2D eigenvalue weighted by Gasteiger charge is 2.07. The van der Waals surface area contributed by atoms with Crippen molar-refractivity contribution in [2.75, 3.05) is 11.6 Å². The molecule has 27 heavy (non-hydrogen) atoms. The van der Waals surface area contributed by atoms with E-state index < -0.39 is 9.84 Å². The minimum absolute atomic E-state index is 0.176. The first-order chi connectivity index (χ1) is 12.9. The fourth-order valence-electron chi connectivity index (χ4n) is 2.56. The van der Waals surface area contributed by atoms with E-state index in [1.165, 1.54) is 18.4 Å². The predicted molar refractivity (Wildman–Crippen MR) is 108 cm³/mol. The average Bonchev–Trinajstić information content (AvgIpc) is 2.64. The maximum atomic E-state index is 11.5. The molecule has 0 amide bonds. The number of aromatic nitrogens is 1. The van der Waals surface area contributed by atoms with Gasteiger partial charge in [-0.25, -0.2) is 13.4 Å². The molecule has 0 aliphatic carbocycles. The zero-order valence-corrected chi connectivity index (χ0v) is 15.6. The van der Waals surface area contributed by atoms with Gasteiger partial charge in [0, 0.05) is 30.1 Å². The van der Waals surface area contributed by atoms with Crippen LogP contribution in [-0.4, -0.2) is 25.6 Å². The monoisotopic (exact) mass is 380 g/mol. The van der Waals surface area contributed by atoms with E-state index in [9.17, 15) is 8.42 Å². The Kier molecular flexibility index (Phi) is 5.52. The van der Waals surface area contributed by atoms with Gasteiger partial charge >= 0.3 is 0 Å². The number of benzene rings is 2. The van der Waals surface area contributed by atoms with E-state index in [1.54, 1.807) is 18.3 Å². The number of nitrogens with one attached hydrogen (secondary N) is 1. The highest BCUT2D eigenvalue weighted by Crippen LogP contribution is 2.20. The highest BCUT2D eigenvalue weighted by molar-refractivity contribution is 7.90. The van der Waals surface area contributed by atoms with Crippen LogP contribution in [0.3, 0.4) is 0 Å². The van der Waals surface area contributed by atoms with Crippen LogP contribution in [0.2, 0.25) is 0 Å². The minimum Gasteiger partial charge on any atom is -0.369 e. The second-order valence-electron chi connectivity index (χ2n) is 6.07. The van der Waals surface area contributed by atoms with Gasteiger partial charge in [0.05, 0.1) is 4.90 Å². The summed E-state index contributed by atoms with van der Waals surface area (Å²) in [5.41, 5.74) is 8.76. The summed E-state index contributed by atoms with van der Waals surface area (Å²) in [6, 6.07) is 20.2. The summed E-state index contributed by atoms with van der Waals surface area (Å²) >= 11 is 0. The molecule has 0 fully saturated rings. The zero-order valence-electron chi connectivity index (χ0n) is 14.8. The first kappa shape index (κ1) is 18.6. The molecule has 0 aliphatic heterocycles. The van der Waals surface area contributed by atoms with Crippen LogP contribution in [-0.2, 0) is 16.3 Å². The normalized spacial score (nSPS) is 12.0. The molecule has 0 unspecified atom stereocenters. The third kappa shape index (κ3) is 5.15. The maximum Gasteiger partial charge on any atom is 0.199 e. The lowest BCUT2D eigenvalue weighted by Gasteiger charge is -2.08. The van der Waals surface area contributed by atoms with Crippen molar-refractivity contribution in [1.29, 1.82) is 0 Å². The topological polar surface area (TPSA) is 97.4 Å².